The molecule has 0 aromatic heterocycles. The number of carbonyl (C=O) groups excluding carboxylic acids is 2. The number of likely N-dealkylation sites (tertiary alicyclic amines) is 1. The van der Waals surface area contributed by atoms with Crippen LogP contribution in [0.3, 0.4) is 0 Å². The van der Waals surface area contributed by atoms with Crippen LogP contribution in [0.4, 0.5) is 0 Å². The Morgan fingerprint density at radius 1 is 1.22 bits per heavy atom. The van der Waals surface area contributed by atoms with Gasteiger partial charge in [0.1, 0.15) is 0 Å². The predicted octanol–water partition coefficient (Wildman–Crippen LogP) is 0.528. The summed E-state index contributed by atoms with van der Waals surface area (Å²) in [6.45, 7) is 3.89. The van der Waals surface area contributed by atoms with Crippen molar-refractivity contribution in [1.82, 2.24) is 26.0 Å². The Balaban J connectivity index is 1.46. The second-order valence-electron chi connectivity index (χ2n) is 7.48. The highest BCUT2D eigenvalue weighted by atomic mass is 35.5. The summed E-state index contributed by atoms with van der Waals surface area (Å²) >= 11 is 6.36. The van der Waals surface area contributed by atoms with Crippen LogP contribution in [0.2, 0.25) is 5.02 Å². The highest BCUT2D eigenvalue weighted by Gasteiger charge is 2.39. The van der Waals surface area contributed by atoms with Crippen LogP contribution in [0.15, 0.2) is 24.3 Å². The lowest BCUT2D eigenvalue weighted by Gasteiger charge is -2.42. The molecule has 3 saturated heterocycles. The molecule has 1 aromatic rings. The fourth-order valence-corrected chi connectivity index (χ4v) is 4.65. The lowest BCUT2D eigenvalue weighted by Crippen LogP contribution is -2.58. The first-order chi connectivity index (χ1) is 13.1. The lowest BCUT2D eigenvalue weighted by atomic mass is 9.92. The van der Waals surface area contributed by atoms with Crippen molar-refractivity contribution in [2.24, 2.45) is 5.92 Å². The first-order valence-corrected chi connectivity index (χ1v) is 10.0. The summed E-state index contributed by atoms with van der Waals surface area (Å²) in [6, 6.07) is 7.63. The van der Waals surface area contributed by atoms with E-state index in [1.165, 1.54) is 0 Å². The summed E-state index contributed by atoms with van der Waals surface area (Å²) in [6.07, 6.45) is 1.89. The molecule has 0 radical (unpaired) electrons. The number of nitrogens with zero attached hydrogens (tertiary/aromatic N) is 2. The van der Waals surface area contributed by atoms with Crippen LogP contribution in [0.5, 0.6) is 0 Å². The summed E-state index contributed by atoms with van der Waals surface area (Å²) in [4.78, 5) is 29.4. The van der Waals surface area contributed by atoms with Gasteiger partial charge in [-0.15, -0.1) is 0 Å². The van der Waals surface area contributed by atoms with E-state index >= 15 is 0 Å². The molecule has 3 aliphatic rings. The van der Waals surface area contributed by atoms with Crippen LogP contribution in [0, 0.1) is 5.92 Å². The van der Waals surface area contributed by atoms with Crippen molar-refractivity contribution in [1.29, 1.82) is 0 Å². The summed E-state index contributed by atoms with van der Waals surface area (Å²) in [5.74, 6) is 0.0609. The third-order valence-electron chi connectivity index (χ3n) is 5.81. The lowest BCUT2D eigenvalue weighted by molar-refractivity contribution is -0.142. The van der Waals surface area contributed by atoms with E-state index in [1.54, 1.807) is 0 Å². The Morgan fingerprint density at radius 2 is 2.07 bits per heavy atom. The normalized spacial score (nSPS) is 29.2. The SMILES string of the molecule is O=C(C1CNNC1c1ccccc1Cl)N1CCCC(N2CCNCC2=O)C1. The molecule has 3 aliphatic heterocycles. The molecule has 0 spiro atoms. The Labute approximate surface area is 164 Å². The minimum absolute atomic E-state index is 0.124. The highest BCUT2D eigenvalue weighted by molar-refractivity contribution is 6.31. The average Bonchev–Trinajstić information content (AvgIpc) is 3.18. The molecule has 3 unspecified atom stereocenters. The molecule has 3 fully saturated rings. The van der Waals surface area contributed by atoms with Gasteiger partial charge in [0.2, 0.25) is 11.8 Å². The van der Waals surface area contributed by atoms with Gasteiger partial charge in [0.15, 0.2) is 0 Å². The van der Waals surface area contributed by atoms with Crippen molar-refractivity contribution >= 4 is 23.4 Å². The zero-order valence-corrected chi connectivity index (χ0v) is 16.0. The average molecular weight is 392 g/mol. The van der Waals surface area contributed by atoms with Gasteiger partial charge < -0.3 is 15.1 Å². The number of benzene rings is 1. The molecule has 3 atom stereocenters. The van der Waals surface area contributed by atoms with Crippen molar-refractivity contribution in [3.05, 3.63) is 34.9 Å². The van der Waals surface area contributed by atoms with Crippen LogP contribution >= 0.6 is 11.6 Å². The van der Waals surface area contributed by atoms with E-state index in [4.69, 9.17) is 11.6 Å². The first-order valence-electron chi connectivity index (χ1n) is 9.67. The van der Waals surface area contributed by atoms with Gasteiger partial charge in [0.25, 0.3) is 0 Å². The third kappa shape index (κ3) is 3.82. The van der Waals surface area contributed by atoms with E-state index in [1.807, 2.05) is 34.1 Å². The molecule has 1 aromatic carbocycles. The smallest absolute Gasteiger partial charge is 0.236 e. The van der Waals surface area contributed by atoms with Crippen LogP contribution in [0.25, 0.3) is 0 Å². The summed E-state index contributed by atoms with van der Waals surface area (Å²) < 4.78 is 0. The quantitative estimate of drug-likeness (QED) is 0.700. The van der Waals surface area contributed by atoms with Crippen LogP contribution in [-0.2, 0) is 9.59 Å². The maximum atomic E-state index is 13.3. The van der Waals surface area contributed by atoms with E-state index in [0.29, 0.717) is 24.7 Å². The maximum absolute atomic E-state index is 13.3. The summed E-state index contributed by atoms with van der Waals surface area (Å²) in [5, 5.41) is 3.78. The van der Waals surface area contributed by atoms with Crippen molar-refractivity contribution in [2.75, 3.05) is 39.3 Å². The molecule has 27 heavy (non-hydrogen) atoms. The summed E-state index contributed by atoms with van der Waals surface area (Å²) in [5.41, 5.74) is 7.27. The number of halogens is 1. The van der Waals surface area contributed by atoms with Gasteiger partial charge in [-0.05, 0) is 24.5 Å². The molecule has 3 heterocycles. The monoisotopic (exact) mass is 391 g/mol. The predicted molar refractivity (Wildman–Crippen MR) is 103 cm³/mol. The fourth-order valence-electron chi connectivity index (χ4n) is 4.40. The Bertz CT molecular complexity index is 715. The van der Waals surface area contributed by atoms with Gasteiger partial charge in [0, 0.05) is 43.8 Å². The number of piperidine rings is 1. The number of piperazine rings is 1. The van der Waals surface area contributed by atoms with E-state index < -0.39 is 0 Å². The van der Waals surface area contributed by atoms with Crippen molar-refractivity contribution in [2.45, 2.75) is 24.9 Å². The molecule has 0 aliphatic carbocycles. The standard InChI is InChI=1S/C19H26ClN5O2/c20-16-6-2-1-5-14(16)18-15(10-22-23-18)19(27)24-8-3-4-13(12-24)25-9-7-21-11-17(25)26/h1-2,5-6,13,15,18,21-23H,3-4,7-12H2. The van der Waals surface area contributed by atoms with Crippen LogP contribution in [-0.4, -0.2) is 66.9 Å². The zero-order chi connectivity index (χ0) is 18.8. The maximum Gasteiger partial charge on any atom is 0.236 e. The zero-order valence-electron chi connectivity index (χ0n) is 15.3. The largest absolute Gasteiger partial charge is 0.340 e. The molecular formula is C19H26ClN5O2. The van der Waals surface area contributed by atoms with E-state index in [2.05, 4.69) is 16.2 Å². The number of carbonyl (C=O) groups is 2. The topological polar surface area (TPSA) is 76.7 Å². The van der Waals surface area contributed by atoms with Crippen molar-refractivity contribution < 1.29 is 9.59 Å². The minimum atomic E-state index is -0.206. The molecule has 0 bridgehead atoms. The second-order valence-corrected chi connectivity index (χ2v) is 7.88. The Morgan fingerprint density at radius 3 is 2.89 bits per heavy atom. The number of nitrogens with one attached hydrogen (secondary N) is 3. The molecule has 0 saturated carbocycles. The van der Waals surface area contributed by atoms with E-state index in [9.17, 15) is 9.59 Å². The number of hydrazine groups is 1. The number of rotatable bonds is 3. The van der Waals surface area contributed by atoms with Crippen LogP contribution in [0.1, 0.15) is 24.4 Å². The van der Waals surface area contributed by atoms with Crippen molar-refractivity contribution in [3.63, 3.8) is 0 Å². The number of hydrogen-bond donors (Lipinski definition) is 3. The first kappa shape index (κ1) is 18.7. The third-order valence-corrected chi connectivity index (χ3v) is 6.16. The second kappa shape index (κ2) is 8.14. The molecule has 7 nitrogen and oxygen atoms in total. The number of hydrogen-bond acceptors (Lipinski definition) is 5. The van der Waals surface area contributed by atoms with Gasteiger partial charge in [-0.2, -0.15) is 0 Å². The van der Waals surface area contributed by atoms with E-state index in [0.717, 1.165) is 38.0 Å². The number of amides is 2. The summed E-state index contributed by atoms with van der Waals surface area (Å²) in [7, 11) is 0. The fraction of sp³-hybridized carbons (Fsp3) is 0.579. The Hall–Kier alpha value is -1.67. The molecule has 4 rings (SSSR count). The van der Waals surface area contributed by atoms with Gasteiger partial charge in [0.05, 0.1) is 18.5 Å². The molecule has 8 heteroatoms. The molecule has 2 amide bonds. The van der Waals surface area contributed by atoms with Gasteiger partial charge in [-0.3, -0.25) is 15.0 Å². The molecular weight excluding hydrogens is 366 g/mol. The Kier molecular flexibility index (Phi) is 5.63. The minimum Gasteiger partial charge on any atom is -0.340 e. The van der Waals surface area contributed by atoms with Gasteiger partial charge in [-0.25, -0.2) is 5.43 Å². The van der Waals surface area contributed by atoms with Crippen molar-refractivity contribution in [3.8, 4) is 0 Å². The van der Waals surface area contributed by atoms with Gasteiger partial charge in [-0.1, -0.05) is 29.8 Å². The highest BCUT2D eigenvalue weighted by Crippen LogP contribution is 2.32. The van der Waals surface area contributed by atoms with Gasteiger partial charge >= 0.3 is 0 Å². The van der Waals surface area contributed by atoms with Crippen LogP contribution < -0.4 is 16.2 Å². The molecule has 146 valence electrons. The molecule has 3 N–H and O–H groups in total. The van der Waals surface area contributed by atoms with E-state index in [-0.39, 0.29) is 29.8 Å².